The topological polar surface area (TPSA) is 46.1 Å². The fourth-order valence-corrected chi connectivity index (χ4v) is 2.94. The molecule has 2 rings (SSSR count). The molecule has 0 bridgehead atoms. The van der Waals surface area contributed by atoms with Crippen LogP contribution in [0.15, 0.2) is 35.3 Å². The van der Waals surface area contributed by atoms with Gasteiger partial charge >= 0.3 is 0 Å². The van der Waals surface area contributed by atoms with Gasteiger partial charge in [0.25, 0.3) is 0 Å². The maximum atomic E-state index is 6.04. The van der Waals surface area contributed by atoms with Gasteiger partial charge in [0.1, 0.15) is 11.9 Å². The van der Waals surface area contributed by atoms with Crippen LogP contribution in [0.2, 0.25) is 0 Å². The van der Waals surface area contributed by atoms with E-state index < -0.39 is 0 Å². The first-order valence-corrected chi connectivity index (χ1v) is 9.01. The summed E-state index contributed by atoms with van der Waals surface area (Å²) in [5.41, 5.74) is 0. The van der Waals surface area contributed by atoms with E-state index in [0.717, 1.165) is 51.0 Å². The first-order valence-electron chi connectivity index (χ1n) is 9.01. The number of hydrogen-bond donors (Lipinski definition) is 1. The molecule has 0 aromatic heterocycles. The molecule has 24 heavy (non-hydrogen) atoms. The predicted molar refractivity (Wildman–Crippen MR) is 98.7 cm³/mol. The van der Waals surface area contributed by atoms with Crippen LogP contribution in [0.1, 0.15) is 26.7 Å². The number of aliphatic imine (C=N–C) groups is 1. The second kappa shape index (κ2) is 10.2. The van der Waals surface area contributed by atoms with Gasteiger partial charge in [-0.05, 0) is 31.9 Å². The molecule has 1 aliphatic rings. The summed E-state index contributed by atoms with van der Waals surface area (Å²) in [6.07, 6.45) is 2.25. The summed E-state index contributed by atoms with van der Waals surface area (Å²) in [6.45, 7) is 8.63. The Balaban J connectivity index is 1.80. The van der Waals surface area contributed by atoms with Crippen LogP contribution in [-0.4, -0.2) is 56.9 Å². The molecule has 0 amide bonds. The van der Waals surface area contributed by atoms with Gasteiger partial charge in [-0.15, -0.1) is 0 Å². The average molecular weight is 333 g/mol. The van der Waals surface area contributed by atoms with E-state index in [4.69, 9.17) is 9.47 Å². The van der Waals surface area contributed by atoms with Crippen molar-refractivity contribution in [1.29, 1.82) is 0 Å². The van der Waals surface area contributed by atoms with Gasteiger partial charge in [0.15, 0.2) is 5.96 Å². The first kappa shape index (κ1) is 18.6. The van der Waals surface area contributed by atoms with Crippen LogP contribution in [0.4, 0.5) is 0 Å². The minimum absolute atomic E-state index is 0.131. The summed E-state index contributed by atoms with van der Waals surface area (Å²) in [7, 11) is 1.84. The lowest BCUT2D eigenvalue weighted by atomic mass is 10.1. The second-order valence-electron chi connectivity index (χ2n) is 6.15. The van der Waals surface area contributed by atoms with Crippen LogP contribution in [0.3, 0.4) is 0 Å². The maximum absolute atomic E-state index is 6.04. The molecule has 0 spiro atoms. The van der Waals surface area contributed by atoms with Crippen LogP contribution in [0.5, 0.6) is 5.75 Å². The summed E-state index contributed by atoms with van der Waals surface area (Å²) < 4.78 is 11.6. The van der Waals surface area contributed by atoms with Gasteiger partial charge in [0, 0.05) is 32.7 Å². The summed E-state index contributed by atoms with van der Waals surface area (Å²) in [5.74, 6) is 2.48. The summed E-state index contributed by atoms with van der Waals surface area (Å²) >= 11 is 0. The zero-order chi connectivity index (χ0) is 17.2. The summed E-state index contributed by atoms with van der Waals surface area (Å²) in [5, 5.41) is 3.47. The Bertz CT molecular complexity index is 493. The first-order chi connectivity index (χ1) is 11.8. The number of guanidine groups is 1. The number of rotatable bonds is 8. The van der Waals surface area contributed by atoms with Gasteiger partial charge in [-0.1, -0.05) is 25.1 Å². The quantitative estimate of drug-likeness (QED) is 0.587. The third-order valence-electron chi connectivity index (χ3n) is 4.34. The molecule has 5 heteroatoms. The number of benzene rings is 1. The normalized spacial score (nSPS) is 19.4. The lowest BCUT2D eigenvalue weighted by molar-refractivity contribution is 0.114. The Morgan fingerprint density at radius 3 is 2.79 bits per heavy atom. The van der Waals surface area contributed by atoms with E-state index in [1.54, 1.807) is 0 Å². The zero-order valence-electron chi connectivity index (χ0n) is 15.2. The van der Waals surface area contributed by atoms with E-state index in [1.165, 1.54) is 6.42 Å². The molecule has 1 saturated heterocycles. The number of hydrogen-bond acceptors (Lipinski definition) is 3. The SMILES string of the molecule is CCOCC1CCN(C(=NC)NCC(CC)Oc2ccccc2)C1. The molecule has 1 heterocycles. The fourth-order valence-electron chi connectivity index (χ4n) is 2.94. The predicted octanol–water partition coefficient (Wildman–Crippen LogP) is 2.78. The lowest BCUT2D eigenvalue weighted by Crippen LogP contribution is -2.44. The van der Waals surface area contributed by atoms with Crippen molar-refractivity contribution in [3.63, 3.8) is 0 Å². The smallest absolute Gasteiger partial charge is 0.193 e. The van der Waals surface area contributed by atoms with Crippen molar-refractivity contribution in [1.82, 2.24) is 10.2 Å². The maximum Gasteiger partial charge on any atom is 0.193 e. The molecule has 1 aromatic rings. The minimum Gasteiger partial charge on any atom is -0.489 e. The molecular formula is C19H31N3O2. The van der Waals surface area contributed by atoms with Crippen LogP contribution in [0.25, 0.3) is 0 Å². The van der Waals surface area contributed by atoms with Gasteiger partial charge in [-0.3, -0.25) is 4.99 Å². The van der Waals surface area contributed by atoms with Crippen molar-refractivity contribution >= 4 is 5.96 Å². The number of para-hydroxylation sites is 1. The van der Waals surface area contributed by atoms with Gasteiger partial charge in [0.05, 0.1) is 13.2 Å². The molecule has 1 aromatic carbocycles. The molecule has 2 unspecified atom stereocenters. The summed E-state index contributed by atoms with van der Waals surface area (Å²) in [6, 6.07) is 9.99. The van der Waals surface area contributed by atoms with Crippen LogP contribution in [0, 0.1) is 5.92 Å². The second-order valence-corrected chi connectivity index (χ2v) is 6.15. The highest BCUT2D eigenvalue weighted by atomic mass is 16.5. The molecule has 2 atom stereocenters. The minimum atomic E-state index is 0.131. The van der Waals surface area contributed by atoms with Crippen molar-refractivity contribution in [2.75, 3.05) is 39.9 Å². The highest BCUT2D eigenvalue weighted by molar-refractivity contribution is 5.80. The van der Waals surface area contributed by atoms with Crippen molar-refractivity contribution in [2.45, 2.75) is 32.8 Å². The fraction of sp³-hybridized carbons (Fsp3) is 0.632. The molecule has 0 saturated carbocycles. The third kappa shape index (κ3) is 5.71. The Morgan fingerprint density at radius 1 is 1.33 bits per heavy atom. The highest BCUT2D eigenvalue weighted by Crippen LogP contribution is 2.17. The van der Waals surface area contributed by atoms with Crippen LogP contribution < -0.4 is 10.1 Å². The zero-order valence-corrected chi connectivity index (χ0v) is 15.2. The van der Waals surface area contributed by atoms with E-state index in [1.807, 2.05) is 44.3 Å². The van der Waals surface area contributed by atoms with Crippen molar-refractivity contribution in [3.8, 4) is 5.75 Å². The van der Waals surface area contributed by atoms with Gasteiger partial charge in [0.2, 0.25) is 0 Å². The largest absolute Gasteiger partial charge is 0.489 e. The molecule has 134 valence electrons. The van der Waals surface area contributed by atoms with Crippen molar-refractivity contribution < 1.29 is 9.47 Å². The van der Waals surface area contributed by atoms with Crippen molar-refractivity contribution in [3.05, 3.63) is 30.3 Å². The van der Waals surface area contributed by atoms with Gasteiger partial charge < -0.3 is 19.7 Å². The van der Waals surface area contributed by atoms with E-state index >= 15 is 0 Å². The van der Waals surface area contributed by atoms with Crippen LogP contribution in [-0.2, 0) is 4.74 Å². The Morgan fingerprint density at radius 2 is 2.12 bits per heavy atom. The summed E-state index contributed by atoms with van der Waals surface area (Å²) in [4.78, 5) is 6.75. The molecule has 0 aliphatic carbocycles. The number of nitrogens with zero attached hydrogens (tertiary/aromatic N) is 2. The van der Waals surface area contributed by atoms with E-state index in [2.05, 4.69) is 22.1 Å². The molecule has 5 nitrogen and oxygen atoms in total. The van der Waals surface area contributed by atoms with Crippen LogP contribution >= 0.6 is 0 Å². The lowest BCUT2D eigenvalue weighted by Gasteiger charge is -2.24. The van der Waals surface area contributed by atoms with E-state index in [0.29, 0.717) is 5.92 Å². The van der Waals surface area contributed by atoms with Crippen molar-refractivity contribution in [2.24, 2.45) is 10.9 Å². The molecule has 0 radical (unpaired) electrons. The Hall–Kier alpha value is -1.75. The molecule has 1 fully saturated rings. The molecular weight excluding hydrogens is 302 g/mol. The standard InChI is InChI=1S/C19H31N3O2/c1-4-17(24-18-9-7-6-8-10-18)13-21-19(20-3)22-12-11-16(14-22)15-23-5-2/h6-10,16-17H,4-5,11-15H2,1-3H3,(H,20,21). The van der Waals surface area contributed by atoms with E-state index in [-0.39, 0.29) is 6.10 Å². The molecule has 1 aliphatic heterocycles. The third-order valence-corrected chi connectivity index (χ3v) is 4.34. The van der Waals surface area contributed by atoms with Gasteiger partial charge in [-0.2, -0.15) is 0 Å². The number of ether oxygens (including phenoxy) is 2. The average Bonchev–Trinajstić information content (AvgIpc) is 3.09. The monoisotopic (exact) mass is 333 g/mol. The highest BCUT2D eigenvalue weighted by Gasteiger charge is 2.25. The van der Waals surface area contributed by atoms with Gasteiger partial charge in [-0.25, -0.2) is 0 Å². The number of likely N-dealkylation sites (tertiary alicyclic amines) is 1. The molecule has 1 N–H and O–H groups in total. The van der Waals surface area contributed by atoms with E-state index in [9.17, 15) is 0 Å². The Kier molecular flexibility index (Phi) is 7.89. The number of nitrogens with one attached hydrogen (secondary N) is 1. The Labute approximate surface area is 146 Å².